The minimum Gasteiger partial charge on any atom is -0.285 e. The Hall–Kier alpha value is -3.26. The van der Waals surface area contributed by atoms with Gasteiger partial charge in [0.25, 0.3) is 10.0 Å². The number of aryl methyl sites for hydroxylation is 1. The Morgan fingerprint density at radius 1 is 0.964 bits per heavy atom. The first-order valence-electron chi connectivity index (χ1n) is 8.59. The van der Waals surface area contributed by atoms with Crippen LogP contribution in [0.5, 0.6) is 0 Å². The number of nitrogens with zero attached hydrogens (tertiary/aromatic N) is 4. The summed E-state index contributed by atoms with van der Waals surface area (Å²) in [5.74, 6) is 0.121. The van der Waals surface area contributed by atoms with Gasteiger partial charge in [0.15, 0.2) is 5.65 Å². The number of para-hydroxylation sites is 1. The van der Waals surface area contributed by atoms with Crippen molar-refractivity contribution in [2.24, 2.45) is 0 Å². The minimum absolute atomic E-state index is 0.0723. The maximum absolute atomic E-state index is 14.2. The normalized spacial score (nSPS) is 11.6. The molecule has 0 fully saturated rings. The Bertz CT molecular complexity index is 1240. The zero-order valence-corrected chi connectivity index (χ0v) is 15.8. The van der Waals surface area contributed by atoms with E-state index in [1.165, 1.54) is 22.6 Å². The third kappa shape index (κ3) is 3.22. The van der Waals surface area contributed by atoms with E-state index in [9.17, 15) is 12.8 Å². The molecule has 28 heavy (non-hydrogen) atoms. The summed E-state index contributed by atoms with van der Waals surface area (Å²) < 4.78 is 44.0. The van der Waals surface area contributed by atoms with Crippen LogP contribution in [0, 0.1) is 12.7 Å². The molecule has 142 valence electrons. The molecular formula is C20H17FN4O2S. The lowest BCUT2D eigenvalue weighted by molar-refractivity contribution is 0.585. The Balaban J connectivity index is 1.84. The molecule has 0 atom stereocenters. The van der Waals surface area contributed by atoms with E-state index in [0.29, 0.717) is 17.2 Å². The lowest BCUT2D eigenvalue weighted by Crippen LogP contribution is -2.31. The van der Waals surface area contributed by atoms with Crippen molar-refractivity contribution in [3.8, 4) is 0 Å². The molecule has 0 radical (unpaired) electrons. The van der Waals surface area contributed by atoms with Gasteiger partial charge in [0, 0.05) is 11.8 Å². The summed E-state index contributed by atoms with van der Waals surface area (Å²) in [5.41, 5.74) is 1.29. The Kier molecular flexibility index (Phi) is 4.56. The van der Waals surface area contributed by atoms with Gasteiger partial charge in [-0.2, -0.15) is 0 Å². The van der Waals surface area contributed by atoms with E-state index in [1.807, 2.05) is 0 Å². The first-order valence-corrected chi connectivity index (χ1v) is 10.0. The average Bonchev–Trinajstić information content (AvgIpc) is 3.08. The van der Waals surface area contributed by atoms with E-state index >= 15 is 0 Å². The highest BCUT2D eigenvalue weighted by Crippen LogP contribution is 2.26. The third-order valence-electron chi connectivity index (χ3n) is 4.45. The fraction of sp³-hybridized carbons (Fsp3) is 0.100. The number of hydrogen-bond donors (Lipinski definition) is 0. The van der Waals surface area contributed by atoms with E-state index in [4.69, 9.17) is 0 Å². The second-order valence-electron chi connectivity index (χ2n) is 6.28. The summed E-state index contributed by atoms with van der Waals surface area (Å²) >= 11 is 0. The van der Waals surface area contributed by atoms with Crippen molar-refractivity contribution in [1.29, 1.82) is 0 Å². The smallest absolute Gasteiger partial charge is 0.266 e. The molecule has 0 amide bonds. The van der Waals surface area contributed by atoms with Gasteiger partial charge in [0.2, 0.25) is 0 Å². The van der Waals surface area contributed by atoms with E-state index in [-0.39, 0.29) is 17.0 Å². The molecule has 0 unspecified atom stereocenters. The van der Waals surface area contributed by atoms with Gasteiger partial charge in [0.1, 0.15) is 16.5 Å². The number of fused-ring (bicyclic) bond motifs is 1. The molecule has 0 aliphatic heterocycles. The molecule has 0 spiro atoms. The van der Waals surface area contributed by atoms with Gasteiger partial charge >= 0.3 is 0 Å². The van der Waals surface area contributed by atoms with Crippen LogP contribution >= 0.6 is 0 Å². The van der Waals surface area contributed by atoms with Crippen LogP contribution in [0.25, 0.3) is 5.65 Å². The standard InChI is InChI=1S/C20H17FN4O2S/c1-15-22-23-20-12-11-18(14-24(15)20)28(26,27)25(17-8-3-2-4-9-17)13-16-7-5-6-10-19(16)21/h2-12,14H,13H2,1H3. The number of anilines is 1. The number of rotatable bonds is 5. The number of aromatic nitrogens is 3. The maximum atomic E-state index is 14.2. The SMILES string of the molecule is Cc1nnc2ccc(S(=O)(=O)N(Cc3ccccc3F)c3ccccc3)cn12. The molecule has 4 aromatic rings. The number of benzene rings is 2. The van der Waals surface area contributed by atoms with Crippen LogP contribution in [-0.4, -0.2) is 23.0 Å². The predicted molar refractivity (Wildman–Crippen MR) is 104 cm³/mol. The minimum atomic E-state index is -3.96. The fourth-order valence-electron chi connectivity index (χ4n) is 2.96. The van der Waals surface area contributed by atoms with Crippen molar-refractivity contribution in [3.05, 3.63) is 90.1 Å². The van der Waals surface area contributed by atoms with Gasteiger partial charge in [-0.1, -0.05) is 36.4 Å². The molecule has 6 nitrogen and oxygen atoms in total. The van der Waals surface area contributed by atoms with Gasteiger partial charge < -0.3 is 0 Å². The summed E-state index contributed by atoms with van der Waals surface area (Å²) in [6.45, 7) is 1.61. The number of halogens is 1. The quantitative estimate of drug-likeness (QED) is 0.517. The zero-order chi connectivity index (χ0) is 19.7. The molecule has 2 aromatic heterocycles. The molecule has 0 saturated carbocycles. The summed E-state index contributed by atoms with van der Waals surface area (Å²) in [4.78, 5) is 0.0723. The highest BCUT2D eigenvalue weighted by atomic mass is 32.2. The summed E-state index contributed by atoms with van der Waals surface area (Å²) in [6.07, 6.45) is 1.48. The molecule has 8 heteroatoms. The van der Waals surface area contributed by atoms with E-state index in [1.54, 1.807) is 65.9 Å². The largest absolute Gasteiger partial charge is 0.285 e. The third-order valence-corrected chi connectivity index (χ3v) is 6.21. The highest BCUT2D eigenvalue weighted by molar-refractivity contribution is 7.92. The van der Waals surface area contributed by atoms with Crippen molar-refractivity contribution < 1.29 is 12.8 Å². The number of pyridine rings is 1. The zero-order valence-electron chi connectivity index (χ0n) is 15.0. The lowest BCUT2D eigenvalue weighted by atomic mass is 10.2. The maximum Gasteiger partial charge on any atom is 0.266 e. The van der Waals surface area contributed by atoms with Crippen molar-refractivity contribution in [1.82, 2.24) is 14.6 Å². The van der Waals surface area contributed by atoms with Gasteiger partial charge in [-0.3, -0.25) is 8.71 Å². The van der Waals surface area contributed by atoms with Gasteiger partial charge in [-0.25, -0.2) is 12.8 Å². The average molecular weight is 396 g/mol. The van der Waals surface area contributed by atoms with E-state index < -0.39 is 15.8 Å². The molecule has 0 saturated heterocycles. The molecule has 2 aromatic carbocycles. The van der Waals surface area contributed by atoms with Crippen LogP contribution < -0.4 is 4.31 Å². The highest BCUT2D eigenvalue weighted by Gasteiger charge is 2.26. The Morgan fingerprint density at radius 3 is 2.43 bits per heavy atom. The summed E-state index contributed by atoms with van der Waals surface area (Å²) in [7, 11) is -3.96. The van der Waals surface area contributed by atoms with E-state index in [0.717, 1.165) is 0 Å². The van der Waals surface area contributed by atoms with Crippen LogP contribution in [0.3, 0.4) is 0 Å². The molecule has 4 rings (SSSR count). The topological polar surface area (TPSA) is 67.6 Å². The van der Waals surface area contributed by atoms with Crippen molar-refractivity contribution >= 4 is 21.4 Å². The van der Waals surface area contributed by atoms with Gasteiger partial charge in [-0.05, 0) is 37.3 Å². The Morgan fingerprint density at radius 2 is 1.68 bits per heavy atom. The van der Waals surface area contributed by atoms with E-state index in [2.05, 4.69) is 10.2 Å². The summed E-state index contributed by atoms with van der Waals surface area (Å²) in [6, 6.07) is 17.9. The predicted octanol–water partition coefficient (Wildman–Crippen LogP) is 3.57. The molecule has 0 aliphatic rings. The molecule has 0 bridgehead atoms. The summed E-state index contributed by atoms with van der Waals surface area (Å²) in [5, 5.41) is 7.93. The second-order valence-corrected chi connectivity index (χ2v) is 8.14. The van der Waals surface area contributed by atoms with Crippen LogP contribution in [0.1, 0.15) is 11.4 Å². The molecule has 0 aliphatic carbocycles. The first-order chi connectivity index (χ1) is 13.5. The monoisotopic (exact) mass is 396 g/mol. The van der Waals surface area contributed by atoms with Crippen molar-refractivity contribution in [2.45, 2.75) is 18.4 Å². The first kappa shape index (κ1) is 18.1. The van der Waals surface area contributed by atoms with Crippen molar-refractivity contribution in [3.63, 3.8) is 0 Å². The van der Waals surface area contributed by atoms with Crippen LogP contribution in [0.4, 0.5) is 10.1 Å². The van der Waals surface area contributed by atoms with Crippen LogP contribution in [0.15, 0.2) is 77.8 Å². The number of sulfonamides is 1. The lowest BCUT2D eigenvalue weighted by Gasteiger charge is -2.25. The van der Waals surface area contributed by atoms with Crippen LogP contribution in [0.2, 0.25) is 0 Å². The number of hydrogen-bond acceptors (Lipinski definition) is 4. The van der Waals surface area contributed by atoms with Gasteiger partial charge in [-0.15, -0.1) is 10.2 Å². The van der Waals surface area contributed by atoms with Crippen molar-refractivity contribution in [2.75, 3.05) is 4.31 Å². The Labute approximate surface area is 161 Å². The molecular weight excluding hydrogens is 379 g/mol. The fourth-order valence-corrected chi connectivity index (χ4v) is 4.40. The van der Waals surface area contributed by atoms with Crippen LogP contribution in [-0.2, 0) is 16.6 Å². The molecule has 2 heterocycles. The second kappa shape index (κ2) is 7.05. The molecule has 0 N–H and O–H groups in total. The van der Waals surface area contributed by atoms with Gasteiger partial charge in [0.05, 0.1) is 12.2 Å².